The third-order valence-electron chi connectivity index (χ3n) is 5.48. The molecule has 10 heteroatoms. The van der Waals surface area contributed by atoms with Crippen molar-refractivity contribution in [3.63, 3.8) is 0 Å². The monoisotopic (exact) mass is 466 g/mol. The Morgan fingerprint density at radius 3 is 2.18 bits per heavy atom. The van der Waals surface area contributed by atoms with Crippen LogP contribution >= 0.6 is 0 Å². The van der Waals surface area contributed by atoms with Crippen molar-refractivity contribution >= 4 is 23.0 Å². The van der Waals surface area contributed by atoms with Gasteiger partial charge in [0, 0.05) is 20.0 Å². The normalized spacial score (nSPS) is 12.8. The molecule has 0 aromatic carbocycles. The molecule has 0 spiro atoms. The van der Waals surface area contributed by atoms with Crippen LogP contribution in [0.1, 0.15) is 90.3 Å². The van der Waals surface area contributed by atoms with Gasteiger partial charge in [0.25, 0.3) is 5.56 Å². The lowest BCUT2D eigenvalue weighted by Crippen LogP contribution is -2.47. The number of carbonyl (C=O) groups is 2. The molecule has 33 heavy (non-hydrogen) atoms. The van der Waals surface area contributed by atoms with Crippen LogP contribution in [0.25, 0.3) is 11.2 Å². The number of nitrogens with two attached hydrogens (primary N) is 1. The molecule has 0 bridgehead atoms. The lowest BCUT2D eigenvalue weighted by Gasteiger charge is -2.14. The van der Waals surface area contributed by atoms with Gasteiger partial charge in [-0.05, 0) is 19.8 Å². The van der Waals surface area contributed by atoms with Gasteiger partial charge in [0.1, 0.15) is 6.04 Å². The van der Waals surface area contributed by atoms with Crippen molar-refractivity contribution in [1.82, 2.24) is 24.6 Å². The molecule has 1 unspecified atom stereocenters. The number of imidazole rings is 1. The predicted octanol–water partition coefficient (Wildman–Crippen LogP) is 2.55. The summed E-state index contributed by atoms with van der Waals surface area (Å²) in [5.41, 5.74) is 6.13. The largest absolute Gasteiger partial charge is 0.391 e. The van der Waals surface area contributed by atoms with E-state index in [9.17, 15) is 19.5 Å². The van der Waals surface area contributed by atoms with Crippen molar-refractivity contribution in [3.05, 3.63) is 16.7 Å². The summed E-state index contributed by atoms with van der Waals surface area (Å²) in [6.07, 6.45) is 10.1. The first-order valence-electron chi connectivity index (χ1n) is 12.2. The first-order chi connectivity index (χ1) is 15.8. The average Bonchev–Trinajstić information content (AvgIpc) is 3.37. The number of carbonyl (C=O) groups excluding carboxylic acids is 2. The Labute approximate surface area is 195 Å². The number of nitrogens with zero attached hydrogens (tertiary/aromatic N) is 3. The molecule has 0 fully saturated rings. The van der Waals surface area contributed by atoms with Crippen LogP contribution < -0.4 is 16.6 Å². The zero-order chi connectivity index (χ0) is 24.8. The number of aliphatic hydroxyl groups excluding tert-OH is 1. The second-order valence-corrected chi connectivity index (χ2v) is 8.10. The Morgan fingerprint density at radius 2 is 1.64 bits per heavy atom. The molecular weight excluding hydrogens is 424 g/mol. The molecule has 2 rings (SSSR count). The Bertz CT molecular complexity index is 899. The summed E-state index contributed by atoms with van der Waals surface area (Å²) in [4.78, 5) is 42.8. The second-order valence-electron chi connectivity index (χ2n) is 8.10. The van der Waals surface area contributed by atoms with Gasteiger partial charge < -0.3 is 21.1 Å². The minimum Gasteiger partial charge on any atom is -0.391 e. The first kappa shape index (κ1) is 28.6. The van der Waals surface area contributed by atoms with Gasteiger partial charge in [0.2, 0.25) is 11.8 Å². The van der Waals surface area contributed by atoms with E-state index in [0.29, 0.717) is 24.3 Å². The first-order valence-corrected chi connectivity index (χ1v) is 12.2. The highest BCUT2D eigenvalue weighted by atomic mass is 16.3. The van der Waals surface area contributed by atoms with E-state index < -0.39 is 12.1 Å². The van der Waals surface area contributed by atoms with Crippen molar-refractivity contribution in [3.8, 4) is 0 Å². The van der Waals surface area contributed by atoms with E-state index >= 15 is 0 Å². The summed E-state index contributed by atoms with van der Waals surface area (Å²) >= 11 is 0. The molecule has 0 aliphatic heterocycles. The van der Waals surface area contributed by atoms with E-state index in [1.165, 1.54) is 29.5 Å². The summed E-state index contributed by atoms with van der Waals surface area (Å²) < 4.78 is 2.83. The van der Waals surface area contributed by atoms with E-state index in [4.69, 9.17) is 5.73 Å². The molecule has 10 nitrogen and oxygen atoms in total. The van der Waals surface area contributed by atoms with Gasteiger partial charge in [-0.15, -0.1) is 0 Å². The van der Waals surface area contributed by atoms with E-state index in [-0.39, 0.29) is 17.4 Å². The molecule has 0 radical (unpaired) electrons. The minimum absolute atomic E-state index is 0.202. The molecular formula is C23H42N6O4. The van der Waals surface area contributed by atoms with Crippen LogP contribution in [-0.4, -0.2) is 54.9 Å². The number of rotatable bonds is 14. The molecule has 5 N–H and O–H groups in total. The van der Waals surface area contributed by atoms with E-state index in [1.807, 2.05) is 13.8 Å². The van der Waals surface area contributed by atoms with Crippen molar-refractivity contribution in [1.29, 1.82) is 0 Å². The molecule has 2 aromatic rings. The minimum atomic E-state index is -0.864. The number of hydrogen-bond acceptors (Lipinski definition) is 6. The van der Waals surface area contributed by atoms with Gasteiger partial charge in [0.05, 0.1) is 12.4 Å². The number of aromatic nitrogens is 4. The summed E-state index contributed by atoms with van der Waals surface area (Å²) in [5, 5.41) is 12.0. The van der Waals surface area contributed by atoms with Crippen LogP contribution in [0.5, 0.6) is 0 Å². The molecule has 1 amide bonds. The Morgan fingerprint density at radius 1 is 1.09 bits per heavy atom. The lowest BCUT2D eigenvalue weighted by atomic mass is 10.1. The maximum absolute atomic E-state index is 12.4. The Hall–Kier alpha value is -2.46. The summed E-state index contributed by atoms with van der Waals surface area (Å²) in [5.74, 6) is -0.522. The molecule has 2 aromatic heterocycles. The Balaban J connectivity index is 0.00000265. The van der Waals surface area contributed by atoms with Crippen LogP contribution in [0, 0.1) is 0 Å². The topological polar surface area (TPSA) is 148 Å². The average molecular weight is 467 g/mol. The fourth-order valence-electron chi connectivity index (χ4n) is 3.63. The fraction of sp³-hybridized carbons (Fsp3) is 0.739. The van der Waals surface area contributed by atoms with Gasteiger partial charge in [0.15, 0.2) is 11.2 Å². The van der Waals surface area contributed by atoms with Gasteiger partial charge >= 0.3 is 0 Å². The summed E-state index contributed by atoms with van der Waals surface area (Å²) in [7, 11) is 0. The number of fused-ring (bicyclic) bond motifs is 1. The number of nitrogens with one attached hydrogen (secondary N) is 2. The maximum Gasteiger partial charge on any atom is 0.293 e. The van der Waals surface area contributed by atoms with Crippen molar-refractivity contribution in [2.75, 3.05) is 6.54 Å². The van der Waals surface area contributed by atoms with Crippen molar-refractivity contribution in [2.45, 2.75) is 104 Å². The third-order valence-corrected chi connectivity index (χ3v) is 5.48. The highest BCUT2D eigenvalue weighted by Crippen LogP contribution is 2.11. The molecule has 0 saturated heterocycles. The van der Waals surface area contributed by atoms with Gasteiger partial charge in [-0.2, -0.15) is 4.68 Å². The lowest BCUT2D eigenvalue weighted by molar-refractivity contribution is -0.124. The quantitative estimate of drug-likeness (QED) is 0.314. The van der Waals surface area contributed by atoms with Crippen LogP contribution in [0.3, 0.4) is 0 Å². The van der Waals surface area contributed by atoms with Crippen molar-refractivity contribution in [2.24, 2.45) is 5.73 Å². The molecule has 188 valence electrons. The van der Waals surface area contributed by atoms with Crippen LogP contribution in [0.4, 0.5) is 0 Å². The molecule has 0 aliphatic carbocycles. The number of hydrogen-bond donors (Lipinski definition) is 4. The van der Waals surface area contributed by atoms with Crippen molar-refractivity contribution < 1.29 is 14.7 Å². The zero-order valence-electron chi connectivity index (χ0n) is 20.6. The zero-order valence-corrected chi connectivity index (χ0v) is 20.6. The number of aliphatic hydroxyl groups is 1. The smallest absolute Gasteiger partial charge is 0.293 e. The van der Waals surface area contributed by atoms with Gasteiger partial charge in [-0.25, -0.2) is 9.67 Å². The highest BCUT2D eigenvalue weighted by Gasteiger charge is 2.18. The standard InChI is InChI=1S/C21H36N6O4.C2H6/c1-15(28)17(22)20(30)23-12-10-8-6-4-3-5-7-9-11-13-26-21(31)18-19(25-14-24-18)27(26)16(2)29;1-2/h14-15,17,28H,3-13,22H2,1-2H3,(H,23,30)(H,24,25);1-2H3/t15-,17?;/m1./s1. The van der Waals surface area contributed by atoms with Gasteiger partial charge in [-0.3, -0.25) is 14.4 Å². The summed E-state index contributed by atoms with van der Waals surface area (Å²) in [6, 6.07) is -0.864. The number of unbranched alkanes of at least 4 members (excludes halogenated alkanes) is 8. The number of amides is 1. The van der Waals surface area contributed by atoms with Crippen LogP contribution in [0.2, 0.25) is 0 Å². The van der Waals surface area contributed by atoms with E-state index in [2.05, 4.69) is 15.3 Å². The fourth-order valence-corrected chi connectivity index (χ4v) is 3.63. The molecule has 0 aliphatic rings. The predicted molar refractivity (Wildman–Crippen MR) is 130 cm³/mol. The maximum atomic E-state index is 12.4. The van der Waals surface area contributed by atoms with Crippen LogP contribution in [-0.2, 0) is 11.3 Å². The van der Waals surface area contributed by atoms with E-state index in [1.54, 1.807) is 0 Å². The SMILES string of the molecule is CC.CC(=O)n1c2nc[nH]c2c(=O)n1CCCCCCCCCCCNC(=O)C(N)[C@@H](C)O. The van der Waals surface area contributed by atoms with E-state index in [0.717, 1.165) is 57.8 Å². The third kappa shape index (κ3) is 8.77. The van der Waals surface area contributed by atoms with Crippen LogP contribution in [0.15, 0.2) is 11.1 Å². The number of aromatic amines is 1. The number of H-pyrrole nitrogens is 1. The Kier molecular flexibility index (Phi) is 13.3. The summed E-state index contributed by atoms with van der Waals surface area (Å²) in [6.45, 7) is 8.03. The molecule has 2 heterocycles. The highest BCUT2D eigenvalue weighted by molar-refractivity contribution is 5.85. The molecule has 0 saturated carbocycles. The molecule has 2 atom stereocenters. The second kappa shape index (κ2) is 15.4. The van der Waals surface area contributed by atoms with Gasteiger partial charge in [-0.1, -0.05) is 58.8 Å².